The molecule has 2 aliphatic rings. The van der Waals surface area contributed by atoms with E-state index < -0.39 is 59.4 Å². The number of ether oxygens (including phenoxy) is 1. The molecule has 4 amide bonds. The molecule has 14 heteroatoms. The number of alkyl halides is 3. The topological polar surface area (TPSA) is 103 Å². The van der Waals surface area contributed by atoms with E-state index in [9.17, 15) is 31.9 Å². The van der Waals surface area contributed by atoms with Gasteiger partial charge in [-0.2, -0.15) is 0 Å². The molecule has 2 aromatic rings. The maximum Gasteiger partial charge on any atom is 0.573 e. The Hall–Kier alpha value is -3.36. The summed E-state index contributed by atoms with van der Waals surface area (Å²) in [6.45, 7) is 0. The zero-order valence-corrected chi connectivity index (χ0v) is 20.4. The van der Waals surface area contributed by atoms with Gasteiger partial charge in [0.15, 0.2) is 0 Å². The van der Waals surface area contributed by atoms with Crippen LogP contribution in [0.3, 0.4) is 0 Å². The van der Waals surface area contributed by atoms with Crippen molar-refractivity contribution in [2.24, 2.45) is 5.92 Å². The zero-order valence-electron chi connectivity index (χ0n) is 19.6. The molecule has 0 bridgehead atoms. The number of benzene rings is 2. The van der Waals surface area contributed by atoms with Crippen molar-refractivity contribution in [3.63, 3.8) is 0 Å². The van der Waals surface area contributed by atoms with Crippen molar-refractivity contribution >= 4 is 35.3 Å². The number of imide groups is 1. The summed E-state index contributed by atoms with van der Waals surface area (Å²) >= 11 is 1.14. The number of fused-ring (bicyclic) bond motifs is 1. The summed E-state index contributed by atoms with van der Waals surface area (Å²) in [4.78, 5) is 40.6. The maximum absolute atomic E-state index is 13.4. The Kier molecular flexibility index (Phi) is 7.62. The minimum atomic E-state index is -4.82. The number of hydrogen-bond donors (Lipinski definition) is 3. The van der Waals surface area contributed by atoms with Crippen LogP contribution in [0, 0.1) is 11.7 Å². The van der Waals surface area contributed by atoms with Gasteiger partial charge in [-0.05, 0) is 42.0 Å². The molecule has 3 N–H and O–H groups in total. The van der Waals surface area contributed by atoms with E-state index in [4.69, 9.17) is 0 Å². The van der Waals surface area contributed by atoms with Crippen molar-refractivity contribution in [1.29, 1.82) is 0 Å². The van der Waals surface area contributed by atoms with Gasteiger partial charge in [0, 0.05) is 19.8 Å². The van der Waals surface area contributed by atoms with Crippen molar-refractivity contribution in [2.75, 3.05) is 25.2 Å². The highest BCUT2D eigenvalue weighted by Gasteiger charge is 2.51. The molecule has 4 rings (SSSR count). The molecular weight excluding hydrogens is 518 g/mol. The summed E-state index contributed by atoms with van der Waals surface area (Å²) in [7, 11) is 2.94. The average molecular weight is 542 g/mol. The monoisotopic (exact) mass is 541 g/mol. The summed E-state index contributed by atoms with van der Waals surface area (Å²) in [6.07, 6.45) is -6.06. The lowest BCUT2D eigenvalue weighted by Crippen LogP contribution is -2.72. The third kappa shape index (κ3) is 6.14. The SMILES string of the molecule is CN1C(=O)C2C(SCC(=O)Nc3ccc(OC(F)(F)F)cc3)NC(c3ccc(F)cc3)NC2N(C)C1=O. The van der Waals surface area contributed by atoms with E-state index in [1.54, 1.807) is 19.2 Å². The Morgan fingerprint density at radius 2 is 1.70 bits per heavy atom. The highest BCUT2D eigenvalue weighted by atomic mass is 32.2. The van der Waals surface area contributed by atoms with Crippen LogP contribution in [-0.4, -0.2) is 65.4 Å². The van der Waals surface area contributed by atoms with Gasteiger partial charge < -0.3 is 15.0 Å². The van der Waals surface area contributed by atoms with E-state index in [0.717, 1.165) is 28.8 Å². The predicted molar refractivity (Wildman–Crippen MR) is 127 cm³/mol. The number of nitrogens with zero attached hydrogens (tertiary/aromatic N) is 2. The first-order valence-corrected chi connectivity index (χ1v) is 12.1. The Morgan fingerprint density at radius 1 is 1.05 bits per heavy atom. The molecule has 2 aliphatic heterocycles. The normalized spacial score (nSPS) is 24.1. The highest BCUT2D eigenvalue weighted by Crippen LogP contribution is 2.34. The van der Waals surface area contributed by atoms with Crippen LogP contribution in [0.25, 0.3) is 0 Å². The number of amides is 4. The number of hydrogen-bond acceptors (Lipinski definition) is 7. The van der Waals surface area contributed by atoms with Crippen LogP contribution in [-0.2, 0) is 9.59 Å². The summed E-state index contributed by atoms with van der Waals surface area (Å²) in [5, 5.41) is 8.46. The Bertz CT molecular complexity index is 1170. The highest BCUT2D eigenvalue weighted by molar-refractivity contribution is 8.00. The van der Waals surface area contributed by atoms with Crippen molar-refractivity contribution in [3.05, 3.63) is 59.9 Å². The van der Waals surface area contributed by atoms with Crippen molar-refractivity contribution in [1.82, 2.24) is 20.4 Å². The van der Waals surface area contributed by atoms with Crippen LogP contribution in [0.5, 0.6) is 5.75 Å². The van der Waals surface area contributed by atoms with Gasteiger partial charge in [-0.15, -0.1) is 24.9 Å². The molecular formula is C23H23F4N5O4S. The lowest BCUT2D eigenvalue weighted by Gasteiger charge is -2.50. The average Bonchev–Trinajstić information content (AvgIpc) is 2.85. The van der Waals surface area contributed by atoms with Gasteiger partial charge in [0.2, 0.25) is 11.8 Å². The van der Waals surface area contributed by atoms with Gasteiger partial charge in [0.05, 0.1) is 29.4 Å². The number of urea groups is 1. The summed E-state index contributed by atoms with van der Waals surface area (Å²) in [5.41, 5.74) is 0.933. The van der Waals surface area contributed by atoms with Gasteiger partial charge in [-0.3, -0.25) is 25.1 Å². The smallest absolute Gasteiger partial charge is 0.406 e. The van der Waals surface area contributed by atoms with Crippen LogP contribution in [0.1, 0.15) is 11.7 Å². The van der Waals surface area contributed by atoms with E-state index in [-0.39, 0.29) is 11.4 Å². The fourth-order valence-electron chi connectivity index (χ4n) is 4.15. The zero-order chi connectivity index (χ0) is 26.9. The molecule has 2 heterocycles. The molecule has 0 spiro atoms. The molecule has 4 unspecified atom stereocenters. The first kappa shape index (κ1) is 26.7. The standard InChI is InChI=1S/C23H23F4N5O4S/c1-31-19-17(21(34)32(2)22(31)35)20(30-18(29-19)12-3-5-13(24)6-4-12)37-11-16(33)28-14-7-9-15(10-8-14)36-23(25,26)27/h3-10,17-20,29-30H,11H2,1-2H3,(H,28,33). The molecule has 4 atom stereocenters. The van der Waals surface area contributed by atoms with Crippen LogP contribution in [0.15, 0.2) is 48.5 Å². The van der Waals surface area contributed by atoms with Gasteiger partial charge in [0.25, 0.3) is 0 Å². The third-order valence-corrected chi connectivity index (χ3v) is 7.14. The van der Waals surface area contributed by atoms with Crippen molar-refractivity contribution in [2.45, 2.75) is 24.1 Å². The van der Waals surface area contributed by atoms with E-state index in [1.807, 2.05) is 0 Å². The second-order valence-electron chi connectivity index (χ2n) is 8.43. The molecule has 9 nitrogen and oxygen atoms in total. The van der Waals surface area contributed by atoms with E-state index in [0.29, 0.717) is 5.56 Å². The van der Waals surface area contributed by atoms with E-state index in [2.05, 4.69) is 20.7 Å². The Balaban J connectivity index is 1.46. The first-order valence-electron chi connectivity index (χ1n) is 11.0. The van der Waals surface area contributed by atoms with Crippen LogP contribution in [0.4, 0.5) is 28.0 Å². The largest absolute Gasteiger partial charge is 0.573 e. The predicted octanol–water partition coefficient (Wildman–Crippen LogP) is 3.08. The van der Waals surface area contributed by atoms with Crippen LogP contribution >= 0.6 is 11.8 Å². The van der Waals surface area contributed by atoms with Crippen LogP contribution < -0.4 is 20.7 Å². The summed E-state index contributed by atoms with van der Waals surface area (Å²) in [6, 6.07) is 9.93. The summed E-state index contributed by atoms with van der Waals surface area (Å²) in [5.74, 6) is -2.56. The second-order valence-corrected chi connectivity index (χ2v) is 9.56. The number of halogens is 4. The number of thioether (sulfide) groups is 1. The van der Waals surface area contributed by atoms with Gasteiger partial charge in [0.1, 0.15) is 11.6 Å². The lowest BCUT2D eigenvalue weighted by atomic mass is 9.96. The number of carbonyl (C=O) groups excluding carboxylic acids is 3. The maximum atomic E-state index is 13.4. The quantitative estimate of drug-likeness (QED) is 0.483. The minimum Gasteiger partial charge on any atom is -0.406 e. The molecule has 2 fully saturated rings. The molecule has 2 saturated heterocycles. The molecule has 37 heavy (non-hydrogen) atoms. The molecule has 0 aromatic heterocycles. The van der Waals surface area contributed by atoms with Crippen LogP contribution in [0.2, 0.25) is 0 Å². The number of anilines is 1. The van der Waals surface area contributed by atoms with Crippen molar-refractivity contribution < 1.29 is 36.7 Å². The Labute approximate surface area is 213 Å². The molecule has 0 radical (unpaired) electrons. The fourth-order valence-corrected chi connectivity index (χ4v) is 5.26. The first-order chi connectivity index (χ1) is 17.4. The van der Waals surface area contributed by atoms with Gasteiger partial charge in [-0.25, -0.2) is 9.18 Å². The molecule has 0 saturated carbocycles. The number of rotatable bonds is 6. The fraction of sp³-hybridized carbons (Fsp3) is 0.348. The second kappa shape index (κ2) is 10.6. The molecule has 2 aromatic carbocycles. The van der Waals surface area contributed by atoms with E-state index >= 15 is 0 Å². The number of nitrogens with one attached hydrogen (secondary N) is 3. The molecule has 0 aliphatic carbocycles. The van der Waals surface area contributed by atoms with E-state index in [1.165, 1.54) is 36.2 Å². The van der Waals surface area contributed by atoms with Gasteiger partial charge in [-0.1, -0.05) is 12.1 Å². The summed E-state index contributed by atoms with van der Waals surface area (Å²) < 4.78 is 54.2. The number of carbonyl (C=O) groups is 3. The third-order valence-electron chi connectivity index (χ3n) is 5.93. The van der Waals surface area contributed by atoms with Gasteiger partial charge >= 0.3 is 12.4 Å². The molecule has 198 valence electrons. The minimum absolute atomic E-state index is 0.105. The lowest BCUT2D eigenvalue weighted by molar-refractivity contribution is -0.274. The Morgan fingerprint density at radius 3 is 2.32 bits per heavy atom. The van der Waals surface area contributed by atoms with Crippen molar-refractivity contribution in [3.8, 4) is 5.75 Å².